The summed E-state index contributed by atoms with van der Waals surface area (Å²) in [5.41, 5.74) is 0.311. The molecule has 0 N–H and O–H groups in total. The Morgan fingerprint density at radius 2 is 2.06 bits per heavy atom. The van der Waals surface area contributed by atoms with E-state index in [0.29, 0.717) is 42.2 Å². The van der Waals surface area contributed by atoms with Gasteiger partial charge in [-0.05, 0) is 61.6 Å². The first kappa shape index (κ1) is 20.6. The molecule has 5 rings (SSSR count). The van der Waals surface area contributed by atoms with Gasteiger partial charge in [0.1, 0.15) is 17.3 Å². The molecule has 1 aliphatic heterocycles. The zero-order valence-corrected chi connectivity index (χ0v) is 17.7. The van der Waals surface area contributed by atoms with E-state index in [2.05, 4.69) is 10.1 Å². The molecule has 0 spiro atoms. The lowest BCUT2D eigenvalue weighted by molar-refractivity contribution is -0.135. The largest absolute Gasteiger partial charge is 0.484 e. The summed E-state index contributed by atoms with van der Waals surface area (Å²) in [5, 5.41) is 4.33. The van der Waals surface area contributed by atoms with Gasteiger partial charge in [0.2, 0.25) is 0 Å². The fourth-order valence-electron chi connectivity index (χ4n) is 4.46. The van der Waals surface area contributed by atoms with Gasteiger partial charge >= 0.3 is 0 Å². The van der Waals surface area contributed by atoms with Gasteiger partial charge in [-0.2, -0.15) is 4.98 Å². The number of carbonyl (C=O) groups is 1. The number of pyridine rings is 1. The third-order valence-electron chi connectivity index (χ3n) is 6.27. The minimum Gasteiger partial charge on any atom is -0.484 e. The first-order valence-corrected chi connectivity index (χ1v) is 11.0. The van der Waals surface area contributed by atoms with E-state index in [1.807, 2.05) is 23.1 Å². The van der Waals surface area contributed by atoms with Gasteiger partial charge < -0.3 is 14.2 Å². The quantitative estimate of drug-likeness (QED) is 0.557. The Morgan fingerprint density at radius 1 is 1.22 bits per heavy atom. The first-order valence-electron chi connectivity index (χ1n) is 11.0. The first-order chi connectivity index (χ1) is 15.6. The van der Waals surface area contributed by atoms with Crippen LogP contribution in [0.15, 0.2) is 53.2 Å². The molecule has 32 heavy (non-hydrogen) atoms. The fourth-order valence-corrected chi connectivity index (χ4v) is 4.46. The number of amides is 1. The number of rotatable bonds is 7. The summed E-state index contributed by atoms with van der Waals surface area (Å²) in [6, 6.07) is 11.2. The molecule has 166 valence electrons. The van der Waals surface area contributed by atoms with Gasteiger partial charge in [-0.15, -0.1) is 0 Å². The van der Waals surface area contributed by atoms with E-state index >= 15 is 0 Å². The number of ether oxygens (including phenoxy) is 1. The highest BCUT2D eigenvalue weighted by molar-refractivity contribution is 5.78. The van der Waals surface area contributed by atoms with E-state index < -0.39 is 0 Å². The molecule has 2 aliphatic rings. The smallest absolute Gasteiger partial charge is 0.276 e. The molecule has 1 aromatic carbocycles. The molecule has 1 saturated heterocycles. The number of hydrogen-bond donors (Lipinski definition) is 0. The Kier molecular flexibility index (Phi) is 5.59. The summed E-state index contributed by atoms with van der Waals surface area (Å²) in [7, 11) is 0. The summed E-state index contributed by atoms with van der Waals surface area (Å²) in [5.74, 6) is 1.73. The van der Waals surface area contributed by atoms with Gasteiger partial charge in [0.25, 0.3) is 11.8 Å². The predicted molar refractivity (Wildman–Crippen MR) is 114 cm³/mol. The van der Waals surface area contributed by atoms with E-state index in [1.165, 1.54) is 37.1 Å². The van der Waals surface area contributed by atoms with Crippen LogP contribution in [0.1, 0.15) is 37.9 Å². The van der Waals surface area contributed by atoms with Crippen LogP contribution in [-0.2, 0) is 10.2 Å². The lowest BCUT2D eigenvalue weighted by Gasteiger charge is -2.41. The summed E-state index contributed by atoms with van der Waals surface area (Å²) in [4.78, 5) is 23.8. The standard InChI is InChI=1S/C24H25FN4O3/c25-18-7-9-19(10-8-18)31-15-21(30)29-13-3-11-24(16-29,14-17-5-6-17)23-27-22(32-28-23)20-4-1-2-12-26-20/h1-2,4,7-10,12,17H,3,5-6,11,13-16H2. The Morgan fingerprint density at radius 3 is 2.81 bits per heavy atom. The van der Waals surface area contributed by atoms with Crippen LogP contribution in [0, 0.1) is 11.7 Å². The van der Waals surface area contributed by atoms with Crippen LogP contribution in [0.3, 0.4) is 0 Å². The molecular formula is C24H25FN4O3. The van der Waals surface area contributed by atoms with Crippen molar-refractivity contribution in [3.05, 3.63) is 60.3 Å². The highest BCUT2D eigenvalue weighted by atomic mass is 19.1. The molecule has 8 heteroatoms. The molecule has 2 aromatic heterocycles. The molecule has 7 nitrogen and oxygen atoms in total. The fraction of sp³-hybridized carbons (Fsp3) is 0.417. The number of benzene rings is 1. The predicted octanol–water partition coefficient (Wildman–Crippen LogP) is 4.01. The summed E-state index contributed by atoms with van der Waals surface area (Å²) < 4.78 is 24.2. The highest BCUT2D eigenvalue weighted by Crippen LogP contribution is 2.45. The van der Waals surface area contributed by atoms with Crippen molar-refractivity contribution < 1.29 is 18.4 Å². The van der Waals surface area contributed by atoms with Crippen LogP contribution < -0.4 is 4.74 Å². The highest BCUT2D eigenvalue weighted by Gasteiger charge is 2.45. The number of likely N-dealkylation sites (tertiary alicyclic amines) is 1. The number of carbonyl (C=O) groups excluding carboxylic acids is 1. The minimum atomic E-state index is -0.338. The lowest BCUT2D eigenvalue weighted by Crippen LogP contribution is -2.50. The van der Waals surface area contributed by atoms with Crippen LogP contribution in [0.25, 0.3) is 11.6 Å². The molecule has 1 unspecified atom stereocenters. The van der Waals surface area contributed by atoms with Crippen LogP contribution in [0.4, 0.5) is 4.39 Å². The Labute approximate surface area is 185 Å². The second-order valence-corrected chi connectivity index (χ2v) is 8.73. The van der Waals surface area contributed by atoms with Crippen LogP contribution >= 0.6 is 0 Å². The van der Waals surface area contributed by atoms with Crippen molar-refractivity contribution in [2.45, 2.75) is 37.5 Å². The number of hydrogen-bond acceptors (Lipinski definition) is 6. The van der Waals surface area contributed by atoms with E-state index in [9.17, 15) is 9.18 Å². The van der Waals surface area contributed by atoms with Crippen molar-refractivity contribution in [1.82, 2.24) is 20.0 Å². The van der Waals surface area contributed by atoms with Crippen molar-refractivity contribution in [3.63, 3.8) is 0 Å². The Balaban J connectivity index is 1.32. The Bertz CT molecular complexity index is 1070. The molecule has 1 amide bonds. The van der Waals surface area contributed by atoms with E-state index in [4.69, 9.17) is 14.2 Å². The Hall–Kier alpha value is -3.29. The molecule has 0 bridgehead atoms. The molecule has 1 aliphatic carbocycles. The number of halogens is 1. The van der Waals surface area contributed by atoms with Crippen LogP contribution in [-0.4, -0.2) is 45.6 Å². The van der Waals surface area contributed by atoms with E-state index in [1.54, 1.807) is 6.20 Å². The van der Waals surface area contributed by atoms with Crippen molar-refractivity contribution in [1.29, 1.82) is 0 Å². The monoisotopic (exact) mass is 436 g/mol. The number of nitrogens with zero attached hydrogens (tertiary/aromatic N) is 4. The maximum absolute atomic E-state index is 13.1. The average molecular weight is 436 g/mol. The van der Waals surface area contributed by atoms with Crippen molar-refractivity contribution >= 4 is 5.91 Å². The maximum Gasteiger partial charge on any atom is 0.276 e. The van der Waals surface area contributed by atoms with Gasteiger partial charge in [-0.3, -0.25) is 9.78 Å². The third-order valence-corrected chi connectivity index (χ3v) is 6.27. The molecule has 1 atom stereocenters. The number of piperidine rings is 1. The van der Waals surface area contributed by atoms with Crippen molar-refractivity contribution in [2.75, 3.05) is 19.7 Å². The SMILES string of the molecule is O=C(COc1ccc(F)cc1)N1CCCC(CC2CC2)(c2noc(-c3ccccn3)n2)C1. The minimum absolute atomic E-state index is 0.0867. The second-order valence-electron chi connectivity index (χ2n) is 8.73. The van der Waals surface area contributed by atoms with Crippen LogP contribution in [0.2, 0.25) is 0 Å². The van der Waals surface area contributed by atoms with Crippen LogP contribution in [0.5, 0.6) is 5.75 Å². The zero-order valence-electron chi connectivity index (χ0n) is 17.7. The molecule has 3 heterocycles. The normalized spacial score (nSPS) is 20.8. The zero-order chi connectivity index (χ0) is 22.0. The maximum atomic E-state index is 13.1. The molecular weight excluding hydrogens is 411 g/mol. The van der Waals surface area contributed by atoms with Gasteiger partial charge in [-0.25, -0.2) is 4.39 Å². The van der Waals surface area contributed by atoms with Crippen molar-refractivity contribution in [2.24, 2.45) is 5.92 Å². The molecule has 0 radical (unpaired) electrons. The second kappa shape index (κ2) is 8.68. The summed E-state index contributed by atoms with van der Waals surface area (Å²) in [6.45, 7) is 1.12. The molecule has 3 aromatic rings. The third kappa shape index (κ3) is 4.49. The van der Waals surface area contributed by atoms with E-state index in [-0.39, 0.29) is 23.7 Å². The summed E-state index contributed by atoms with van der Waals surface area (Å²) in [6.07, 6.45) is 6.82. The average Bonchev–Trinajstić information content (AvgIpc) is 3.49. The van der Waals surface area contributed by atoms with Crippen molar-refractivity contribution in [3.8, 4) is 17.3 Å². The summed E-state index contributed by atoms with van der Waals surface area (Å²) >= 11 is 0. The van der Waals surface area contributed by atoms with Gasteiger partial charge in [-0.1, -0.05) is 24.1 Å². The molecule has 2 fully saturated rings. The lowest BCUT2D eigenvalue weighted by atomic mass is 9.75. The number of aromatic nitrogens is 3. The van der Waals surface area contributed by atoms with E-state index in [0.717, 1.165) is 19.3 Å². The van der Waals surface area contributed by atoms with Gasteiger partial charge in [0.15, 0.2) is 12.4 Å². The molecule has 1 saturated carbocycles. The van der Waals surface area contributed by atoms with Gasteiger partial charge in [0, 0.05) is 19.3 Å². The van der Waals surface area contributed by atoms with Gasteiger partial charge in [0.05, 0.1) is 5.41 Å². The topological polar surface area (TPSA) is 81.4 Å².